The third kappa shape index (κ3) is 3.79. The topological polar surface area (TPSA) is 72.8 Å². The second-order valence-electron chi connectivity index (χ2n) is 5.12. The number of aryl methyl sites for hydroxylation is 1. The molecule has 0 aliphatic carbocycles. The van der Waals surface area contributed by atoms with Gasteiger partial charge in [0.05, 0.1) is 14.5 Å². The first-order chi connectivity index (χ1) is 11.2. The van der Waals surface area contributed by atoms with Crippen molar-refractivity contribution in [3.8, 4) is 23.0 Å². The van der Waals surface area contributed by atoms with Crippen molar-refractivity contribution in [2.75, 3.05) is 0 Å². The minimum Gasteiger partial charge on any atom is -0.507 e. The maximum absolute atomic E-state index is 11.2. The molecule has 0 radical (unpaired) electrons. The van der Waals surface area contributed by atoms with Crippen LogP contribution >= 0.6 is 31.9 Å². The first-order valence-corrected chi connectivity index (χ1v) is 8.46. The largest absolute Gasteiger partial charge is 0.507 e. The Balaban J connectivity index is 2.47. The van der Waals surface area contributed by atoms with Gasteiger partial charge in [0.25, 0.3) is 0 Å². The van der Waals surface area contributed by atoms with Gasteiger partial charge in [-0.2, -0.15) is 0 Å². The van der Waals surface area contributed by atoms with Crippen LogP contribution in [0.2, 0.25) is 0 Å². The molecule has 0 atom stereocenters. The van der Waals surface area contributed by atoms with Gasteiger partial charge in [0, 0.05) is 12.5 Å². The van der Waals surface area contributed by atoms with Gasteiger partial charge in [-0.25, -0.2) is 0 Å². The van der Waals surface area contributed by atoms with Crippen molar-refractivity contribution in [2.24, 2.45) is 0 Å². The van der Waals surface area contributed by atoms with Crippen LogP contribution in [-0.4, -0.2) is 17.4 Å². The Kier molecular flexibility index (Phi) is 5.66. The second kappa shape index (κ2) is 7.36. The zero-order valence-electron chi connectivity index (χ0n) is 13.1. The monoisotopic (exact) mass is 456 g/mol. The number of carbonyl (C=O) groups excluding carboxylic acids is 2. The molecule has 126 valence electrons. The molecule has 0 amide bonds. The fraction of sp³-hybridized carbons (Fsp3) is 0.176. The van der Waals surface area contributed by atoms with Crippen LogP contribution in [0.15, 0.2) is 27.1 Å². The molecule has 7 heteroatoms. The number of aromatic hydroxyl groups is 1. The molecular weight excluding hydrogens is 444 g/mol. The number of phenolic OH excluding ortho intramolecular Hbond substituents is 1. The van der Waals surface area contributed by atoms with Gasteiger partial charge in [-0.3, -0.25) is 9.59 Å². The van der Waals surface area contributed by atoms with E-state index in [4.69, 9.17) is 9.47 Å². The van der Waals surface area contributed by atoms with Gasteiger partial charge in [-0.15, -0.1) is 0 Å². The molecule has 0 bridgehead atoms. The van der Waals surface area contributed by atoms with Gasteiger partial charge in [-0.1, -0.05) is 0 Å². The van der Waals surface area contributed by atoms with E-state index in [1.165, 1.54) is 13.0 Å². The molecule has 0 heterocycles. The number of esters is 1. The van der Waals surface area contributed by atoms with E-state index in [1.54, 1.807) is 26.0 Å². The predicted molar refractivity (Wildman–Crippen MR) is 96.2 cm³/mol. The van der Waals surface area contributed by atoms with E-state index >= 15 is 0 Å². The summed E-state index contributed by atoms with van der Waals surface area (Å²) in [4.78, 5) is 22.2. The van der Waals surface area contributed by atoms with Crippen molar-refractivity contribution in [3.05, 3.63) is 43.8 Å². The van der Waals surface area contributed by atoms with E-state index in [1.807, 2.05) is 0 Å². The fourth-order valence-corrected chi connectivity index (χ4v) is 3.31. The lowest BCUT2D eigenvalue weighted by Crippen LogP contribution is -2.04. The van der Waals surface area contributed by atoms with E-state index in [0.717, 1.165) is 0 Å². The average Bonchev–Trinajstić information content (AvgIpc) is 2.51. The molecule has 0 aromatic heterocycles. The third-order valence-corrected chi connectivity index (χ3v) is 4.82. The summed E-state index contributed by atoms with van der Waals surface area (Å²) < 4.78 is 12.2. The highest BCUT2D eigenvalue weighted by atomic mass is 79.9. The van der Waals surface area contributed by atoms with Crippen LogP contribution in [0.4, 0.5) is 0 Å². The smallest absolute Gasteiger partial charge is 0.308 e. The molecule has 0 aliphatic heterocycles. The van der Waals surface area contributed by atoms with Crippen molar-refractivity contribution in [1.29, 1.82) is 0 Å². The Labute approximate surface area is 155 Å². The second-order valence-corrected chi connectivity index (χ2v) is 6.76. The van der Waals surface area contributed by atoms with Crippen molar-refractivity contribution >= 4 is 44.1 Å². The number of aldehydes is 1. The van der Waals surface area contributed by atoms with Crippen LogP contribution in [0.1, 0.15) is 28.4 Å². The molecule has 0 spiro atoms. The molecule has 0 unspecified atom stereocenters. The summed E-state index contributed by atoms with van der Waals surface area (Å²) in [7, 11) is 0. The zero-order chi connectivity index (χ0) is 18.0. The molecule has 0 aliphatic rings. The van der Waals surface area contributed by atoms with Crippen LogP contribution in [0.5, 0.6) is 23.0 Å². The highest BCUT2D eigenvalue weighted by Crippen LogP contribution is 2.43. The Bertz CT molecular complexity index is 830. The summed E-state index contributed by atoms with van der Waals surface area (Å²) in [6.07, 6.45) is 0.564. The number of benzene rings is 2. The van der Waals surface area contributed by atoms with Crippen molar-refractivity contribution in [3.63, 3.8) is 0 Å². The van der Waals surface area contributed by atoms with E-state index in [0.29, 0.717) is 43.6 Å². The van der Waals surface area contributed by atoms with Crippen LogP contribution in [-0.2, 0) is 4.79 Å². The van der Waals surface area contributed by atoms with Gasteiger partial charge in [0.15, 0.2) is 12.0 Å². The SMILES string of the molecule is CC(=O)Oc1cc(Br)c(Oc2cc(C)c(O)c(C=O)c2)c(Br)c1C. The Morgan fingerprint density at radius 2 is 1.88 bits per heavy atom. The lowest BCUT2D eigenvalue weighted by molar-refractivity contribution is -0.131. The summed E-state index contributed by atoms with van der Waals surface area (Å²) in [6, 6.07) is 4.70. The Morgan fingerprint density at radius 1 is 1.21 bits per heavy atom. The first-order valence-electron chi connectivity index (χ1n) is 6.88. The van der Waals surface area contributed by atoms with E-state index < -0.39 is 5.97 Å². The average molecular weight is 458 g/mol. The van der Waals surface area contributed by atoms with E-state index in [9.17, 15) is 14.7 Å². The van der Waals surface area contributed by atoms with Gasteiger partial charge in [-0.05, 0) is 69.5 Å². The van der Waals surface area contributed by atoms with Gasteiger partial charge < -0.3 is 14.6 Å². The number of phenols is 1. The standard InChI is InChI=1S/C17H14Br2O5/c1-8-4-12(5-11(7-20)16(8)22)24-17-13(18)6-14(23-10(3)21)9(2)15(17)19/h4-7,22H,1-3H3. The summed E-state index contributed by atoms with van der Waals surface area (Å²) >= 11 is 6.82. The lowest BCUT2D eigenvalue weighted by Gasteiger charge is -2.16. The number of rotatable bonds is 4. The highest BCUT2D eigenvalue weighted by Gasteiger charge is 2.17. The van der Waals surface area contributed by atoms with Crippen LogP contribution in [0, 0.1) is 13.8 Å². The highest BCUT2D eigenvalue weighted by molar-refractivity contribution is 9.11. The number of ether oxygens (including phenoxy) is 2. The number of carbonyl (C=O) groups is 2. The molecular formula is C17H14Br2O5. The zero-order valence-corrected chi connectivity index (χ0v) is 16.3. The molecule has 2 aromatic rings. The van der Waals surface area contributed by atoms with Crippen molar-refractivity contribution < 1.29 is 24.2 Å². The molecule has 1 N–H and O–H groups in total. The fourth-order valence-electron chi connectivity index (χ4n) is 2.07. The number of halogens is 2. The summed E-state index contributed by atoms with van der Waals surface area (Å²) in [6.45, 7) is 4.78. The van der Waals surface area contributed by atoms with Gasteiger partial charge in [0.2, 0.25) is 0 Å². The molecule has 5 nitrogen and oxygen atoms in total. The Morgan fingerprint density at radius 3 is 2.46 bits per heavy atom. The summed E-state index contributed by atoms with van der Waals surface area (Å²) in [5, 5.41) is 9.81. The Hall–Kier alpha value is -1.86. The first kappa shape index (κ1) is 18.5. The number of hydrogen-bond donors (Lipinski definition) is 1. The number of hydrogen-bond acceptors (Lipinski definition) is 5. The maximum Gasteiger partial charge on any atom is 0.308 e. The molecule has 2 rings (SSSR count). The molecule has 24 heavy (non-hydrogen) atoms. The minimum atomic E-state index is -0.421. The van der Waals surface area contributed by atoms with Crippen molar-refractivity contribution in [1.82, 2.24) is 0 Å². The van der Waals surface area contributed by atoms with E-state index in [-0.39, 0.29) is 11.3 Å². The molecule has 0 saturated heterocycles. The lowest BCUT2D eigenvalue weighted by atomic mass is 10.1. The summed E-state index contributed by atoms with van der Waals surface area (Å²) in [5.74, 6) is 0.773. The van der Waals surface area contributed by atoms with Crippen LogP contribution in [0.25, 0.3) is 0 Å². The van der Waals surface area contributed by atoms with E-state index in [2.05, 4.69) is 31.9 Å². The van der Waals surface area contributed by atoms with Gasteiger partial charge >= 0.3 is 5.97 Å². The third-order valence-electron chi connectivity index (χ3n) is 3.28. The predicted octanol–water partition coefficient (Wildman–Crippen LogP) is 5.06. The molecule has 0 saturated carbocycles. The quantitative estimate of drug-likeness (QED) is 0.394. The van der Waals surface area contributed by atoms with Gasteiger partial charge in [0.1, 0.15) is 17.2 Å². The summed E-state index contributed by atoms with van der Waals surface area (Å²) in [5.41, 5.74) is 1.36. The van der Waals surface area contributed by atoms with Crippen LogP contribution < -0.4 is 9.47 Å². The minimum absolute atomic E-state index is 0.0723. The van der Waals surface area contributed by atoms with Crippen molar-refractivity contribution in [2.45, 2.75) is 20.8 Å². The molecule has 0 fully saturated rings. The molecule has 2 aromatic carbocycles. The van der Waals surface area contributed by atoms with Crippen LogP contribution in [0.3, 0.4) is 0 Å². The maximum atomic E-state index is 11.2. The normalized spacial score (nSPS) is 10.4.